The lowest BCUT2D eigenvalue weighted by Crippen LogP contribution is -2.27. The number of amides is 2. The first-order valence-corrected chi connectivity index (χ1v) is 9.90. The third kappa shape index (κ3) is 5.98. The van der Waals surface area contributed by atoms with Gasteiger partial charge < -0.3 is 21.5 Å². The van der Waals surface area contributed by atoms with Crippen LogP contribution in [0.4, 0.5) is 14.5 Å². The number of hydrogen-bond donors (Lipinski definition) is 3. The number of carbonyl (C=O) groups excluding carboxylic acids is 3. The van der Waals surface area contributed by atoms with Crippen LogP contribution in [0.1, 0.15) is 37.8 Å². The van der Waals surface area contributed by atoms with Crippen LogP contribution in [0.15, 0.2) is 66.7 Å². The Morgan fingerprint density at radius 1 is 0.939 bits per heavy atom. The van der Waals surface area contributed by atoms with E-state index in [1.807, 2.05) is 0 Å². The van der Waals surface area contributed by atoms with Gasteiger partial charge in [-0.25, -0.2) is 13.6 Å². The number of nitrogens with one attached hydrogen (secondary N) is 1. The Labute approximate surface area is 188 Å². The standard InChI is InChI=1S/C24H21F2N3O4/c25-17-7-10-19(21(26)11-17)24(32)33-13-14-1-3-15(4-2-14)20(12-27)23(31)29-18-8-5-16(6-9-18)22(28)30/h1-11,20H,12-13,27H2,(H2,28,30)(H,29,31). The SMILES string of the molecule is NCC(C(=O)Nc1ccc(C(N)=O)cc1)c1ccc(COC(=O)c2ccc(F)cc2F)cc1. The number of nitrogens with two attached hydrogens (primary N) is 2. The molecule has 0 heterocycles. The van der Waals surface area contributed by atoms with E-state index < -0.39 is 29.4 Å². The summed E-state index contributed by atoms with van der Waals surface area (Å²) in [6.45, 7) is -0.0923. The van der Waals surface area contributed by atoms with E-state index in [1.54, 1.807) is 36.4 Å². The highest BCUT2D eigenvalue weighted by Gasteiger charge is 2.20. The molecule has 0 saturated heterocycles. The number of anilines is 1. The van der Waals surface area contributed by atoms with Gasteiger partial charge in [-0.3, -0.25) is 9.59 Å². The number of benzene rings is 3. The topological polar surface area (TPSA) is 125 Å². The third-order valence-electron chi connectivity index (χ3n) is 4.89. The summed E-state index contributed by atoms with van der Waals surface area (Å²) in [4.78, 5) is 35.8. The van der Waals surface area contributed by atoms with Crippen LogP contribution >= 0.6 is 0 Å². The summed E-state index contributed by atoms with van der Waals surface area (Å²) in [6.07, 6.45) is 0. The highest BCUT2D eigenvalue weighted by Crippen LogP contribution is 2.20. The smallest absolute Gasteiger partial charge is 0.341 e. The van der Waals surface area contributed by atoms with Gasteiger partial charge in [0.2, 0.25) is 11.8 Å². The van der Waals surface area contributed by atoms with E-state index in [0.717, 1.165) is 12.1 Å². The van der Waals surface area contributed by atoms with Gasteiger partial charge in [0, 0.05) is 23.9 Å². The summed E-state index contributed by atoms with van der Waals surface area (Å²) in [5, 5.41) is 2.74. The summed E-state index contributed by atoms with van der Waals surface area (Å²) in [6, 6.07) is 15.4. The zero-order valence-corrected chi connectivity index (χ0v) is 17.4. The molecule has 1 unspecified atom stereocenters. The monoisotopic (exact) mass is 453 g/mol. The maximum Gasteiger partial charge on any atom is 0.341 e. The number of rotatable bonds is 8. The maximum absolute atomic E-state index is 13.7. The molecule has 0 aliphatic rings. The van der Waals surface area contributed by atoms with E-state index in [1.165, 1.54) is 12.1 Å². The number of halogens is 2. The number of primary amides is 1. The zero-order valence-electron chi connectivity index (χ0n) is 17.4. The van der Waals surface area contributed by atoms with Gasteiger partial charge in [-0.2, -0.15) is 0 Å². The van der Waals surface area contributed by atoms with Gasteiger partial charge in [-0.15, -0.1) is 0 Å². The summed E-state index contributed by atoms with van der Waals surface area (Å²) in [7, 11) is 0. The number of esters is 1. The van der Waals surface area contributed by atoms with E-state index >= 15 is 0 Å². The number of carbonyl (C=O) groups is 3. The lowest BCUT2D eigenvalue weighted by Gasteiger charge is -2.16. The second-order valence-electron chi connectivity index (χ2n) is 7.16. The van der Waals surface area contributed by atoms with Gasteiger partial charge in [0.15, 0.2) is 0 Å². The van der Waals surface area contributed by atoms with Crippen molar-refractivity contribution in [2.75, 3.05) is 11.9 Å². The molecule has 3 aromatic rings. The average Bonchev–Trinajstić information content (AvgIpc) is 2.79. The molecule has 0 fully saturated rings. The van der Waals surface area contributed by atoms with Crippen molar-refractivity contribution in [1.82, 2.24) is 0 Å². The predicted octanol–water partition coefficient (Wildman–Crippen LogP) is 3.10. The Bertz CT molecular complexity index is 1170. The van der Waals surface area contributed by atoms with Crippen molar-refractivity contribution in [3.63, 3.8) is 0 Å². The minimum atomic E-state index is -1.00. The van der Waals surface area contributed by atoms with Crippen molar-refractivity contribution in [1.29, 1.82) is 0 Å². The molecule has 0 saturated carbocycles. The van der Waals surface area contributed by atoms with Crippen LogP contribution in [0.2, 0.25) is 0 Å². The van der Waals surface area contributed by atoms with Gasteiger partial charge in [-0.05, 0) is 47.5 Å². The Balaban J connectivity index is 1.61. The first-order chi connectivity index (χ1) is 15.8. The molecule has 5 N–H and O–H groups in total. The van der Waals surface area contributed by atoms with Crippen molar-refractivity contribution < 1.29 is 27.9 Å². The summed E-state index contributed by atoms with van der Waals surface area (Å²) in [5.74, 6) is -4.27. The number of ether oxygens (including phenoxy) is 1. The molecule has 0 spiro atoms. The van der Waals surface area contributed by atoms with Gasteiger partial charge in [0.05, 0.1) is 11.5 Å². The third-order valence-corrected chi connectivity index (χ3v) is 4.89. The molecule has 1 atom stereocenters. The van der Waals surface area contributed by atoms with Gasteiger partial charge in [0.1, 0.15) is 18.2 Å². The fourth-order valence-corrected chi connectivity index (χ4v) is 3.07. The Hall–Kier alpha value is -4.11. The molecule has 3 rings (SSSR count). The van der Waals surface area contributed by atoms with Crippen LogP contribution < -0.4 is 16.8 Å². The fourth-order valence-electron chi connectivity index (χ4n) is 3.07. The van der Waals surface area contributed by atoms with Crippen molar-refractivity contribution in [2.24, 2.45) is 11.5 Å². The number of hydrogen-bond acceptors (Lipinski definition) is 5. The highest BCUT2D eigenvalue weighted by molar-refractivity contribution is 5.97. The van der Waals surface area contributed by atoms with Crippen LogP contribution in [-0.4, -0.2) is 24.3 Å². The molecule has 0 bridgehead atoms. The quantitative estimate of drug-likeness (QED) is 0.452. The minimum absolute atomic E-state index is 0.0450. The van der Waals surface area contributed by atoms with E-state index in [0.29, 0.717) is 28.4 Å². The minimum Gasteiger partial charge on any atom is -0.457 e. The van der Waals surface area contributed by atoms with Crippen molar-refractivity contribution >= 4 is 23.5 Å². The molecule has 0 aliphatic carbocycles. The molecule has 33 heavy (non-hydrogen) atoms. The van der Waals surface area contributed by atoms with Crippen molar-refractivity contribution in [2.45, 2.75) is 12.5 Å². The van der Waals surface area contributed by atoms with Crippen LogP contribution in [-0.2, 0) is 16.1 Å². The molecule has 0 radical (unpaired) electrons. The van der Waals surface area contributed by atoms with E-state index in [-0.39, 0.29) is 24.6 Å². The molecule has 9 heteroatoms. The van der Waals surface area contributed by atoms with Gasteiger partial charge in [-0.1, -0.05) is 24.3 Å². The van der Waals surface area contributed by atoms with Crippen molar-refractivity contribution in [3.8, 4) is 0 Å². The Morgan fingerprint density at radius 2 is 1.61 bits per heavy atom. The molecule has 2 amide bonds. The zero-order chi connectivity index (χ0) is 24.0. The van der Waals surface area contributed by atoms with Gasteiger partial charge in [0.25, 0.3) is 0 Å². The Kier molecular flexibility index (Phi) is 7.47. The van der Waals surface area contributed by atoms with E-state index in [4.69, 9.17) is 16.2 Å². The van der Waals surface area contributed by atoms with E-state index in [9.17, 15) is 23.2 Å². The molecule has 0 aliphatic heterocycles. The first kappa shape index (κ1) is 23.6. The molecular formula is C24H21F2N3O4. The summed E-state index contributed by atoms with van der Waals surface area (Å²) < 4.78 is 31.7. The van der Waals surface area contributed by atoms with E-state index in [2.05, 4.69) is 5.32 Å². The van der Waals surface area contributed by atoms with Crippen LogP contribution in [0, 0.1) is 11.6 Å². The molecular weight excluding hydrogens is 432 g/mol. The molecule has 3 aromatic carbocycles. The average molecular weight is 453 g/mol. The second-order valence-corrected chi connectivity index (χ2v) is 7.16. The first-order valence-electron chi connectivity index (χ1n) is 9.90. The summed E-state index contributed by atoms with van der Waals surface area (Å²) in [5.41, 5.74) is 12.7. The van der Waals surface area contributed by atoms with Crippen molar-refractivity contribution in [3.05, 3.63) is 101 Å². The van der Waals surface area contributed by atoms with Gasteiger partial charge >= 0.3 is 5.97 Å². The molecule has 170 valence electrons. The predicted molar refractivity (Wildman–Crippen MR) is 117 cm³/mol. The highest BCUT2D eigenvalue weighted by atomic mass is 19.1. The fraction of sp³-hybridized carbons (Fsp3) is 0.125. The molecule has 7 nitrogen and oxygen atoms in total. The normalized spacial score (nSPS) is 11.5. The van der Waals surface area contributed by atoms with Crippen LogP contribution in [0.3, 0.4) is 0 Å². The lowest BCUT2D eigenvalue weighted by atomic mass is 9.97. The largest absolute Gasteiger partial charge is 0.457 e. The summed E-state index contributed by atoms with van der Waals surface area (Å²) >= 11 is 0. The second kappa shape index (κ2) is 10.5. The lowest BCUT2D eigenvalue weighted by molar-refractivity contribution is -0.117. The van der Waals surface area contributed by atoms with Crippen LogP contribution in [0.25, 0.3) is 0 Å². The Morgan fingerprint density at radius 3 is 2.18 bits per heavy atom. The van der Waals surface area contributed by atoms with Crippen LogP contribution in [0.5, 0.6) is 0 Å². The maximum atomic E-state index is 13.7. The molecule has 0 aromatic heterocycles.